The van der Waals surface area contributed by atoms with Gasteiger partial charge in [-0.15, -0.1) is 0 Å². The summed E-state index contributed by atoms with van der Waals surface area (Å²) in [4.78, 5) is 10.8. The summed E-state index contributed by atoms with van der Waals surface area (Å²) in [5, 5.41) is 11.6. The minimum absolute atomic E-state index is 0.0870. The predicted molar refractivity (Wildman–Crippen MR) is 80.2 cm³/mol. The Morgan fingerprint density at radius 2 is 1.90 bits per heavy atom. The third-order valence-electron chi connectivity index (χ3n) is 2.57. The molecule has 0 aliphatic carbocycles. The summed E-state index contributed by atoms with van der Waals surface area (Å²) in [6.07, 6.45) is 0. The van der Waals surface area contributed by atoms with Gasteiger partial charge >= 0.3 is 5.97 Å². The van der Waals surface area contributed by atoms with Crippen LogP contribution in [0.2, 0.25) is 0 Å². The summed E-state index contributed by atoms with van der Waals surface area (Å²) < 4.78 is 27.2. The first-order valence-electron chi connectivity index (χ1n) is 5.43. The molecule has 2 aromatic carbocycles. The molecule has 2 aromatic rings. The second-order valence-electron chi connectivity index (χ2n) is 3.97. The van der Waals surface area contributed by atoms with Gasteiger partial charge in [-0.1, -0.05) is 0 Å². The molecule has 4 N–H and O–H groups in total. The van der Waals surface area contributed by atoms with Crippen LogP contribution in [0.4, 0.5) is 25.8 Å². The number of anilines is 3. The van der Waals surface area contributed by atoms with Gasteiger partial charge in [0.15, 0.2) is 0 Å². The summed E-state index contributed by atoms with van der Waals surface area (Å²) in [6, 6.07) is 6.08. The Bertz CT molecular complexity index is 692. The standard InChI is InChI=1S/C13H9F2IN2O2/c14-6-1-2-11(9(16)3-6)18-12-5-8(15)7(13(19)20)4-10(12)17/h1-5,18H,17H2,(H,19,20). The lowest BCUT2D eigenvalue weighted by Crippen LogP contribution is -2.05. The highest BCUT2D eigenvalue weighted by atomic mass is 127. The molecular formula is C13H9F2IN2O2. The van der Waals surface area contributed by atoms with Crippen molar-refractivity contribution in [2.24, 2.45) is 0 Å². The van der Waals surface area contributed by atoms with Gasteiger partial charge in [0.25, 0.3) is 0 Å². The van der Waals surface area contributed by atoms with E-state index in [2.05, 4.69) is 5.32 Å². The van der Waals surface area contributed by atoms with E-state index < -0.39 is 17.3 Å². The fourth-order valence-corrected chi connectivity index (χ4v) is 2.21. The third-order valence-corrected chi connectivity index (χ3v) is 3.46. The number of hydrogen-bond donors (Lipinski definition) is 3. The number of aromatic carboxylic acids is 1. The smallest absolute Gasteiger partial charge is 0.338 e. The molecule has 0 aliphatic rings. The molecule has 104 valence electrons. The minimum atomic E-state index is -1.39. The van der Waals surface area contributed by atoms with E-state index in [1.807, 2.05) is 22.6 Å². The molecule has 0 radical (unpaired) electrons. The normalized spacial score (nSPS) is 10.3. The molecule has 2 rings (SSSR count). The van der Waals surface area contributed by atoms with Crippen molar-refractivity contribution < 1.29 is 18.7 Å². The molecule has 0 saturated carbocycles. The Labute approximate surface area is 126 Å². The van der Waals surface area contributed by atoms with Gasteiger partial charge in [-0.3, -0.25) is 0 Å². The summed E-state index contributed by atoms with van der Waals surface area (Å²) in [5.74, 6) is -2.68. The van der Waals surface area contributed by atoms with Crippen LogP contribution in [0.1, 0.15) is 10.4 Å². The highest BCUT2D eigenvalue weighted by Gasteiger charge is 2.14. The van der Waals surface area contributed by atoms with Crippen molar-refractivity contribution in [1.29, 1.82) is 0 Å². The average Bonchev–Trinajstić information content (AvgIpc) is 2.36. The monoisotopic (exact) mass is 390 g/mol. The fourth-order valence-electron chi connectivity index (χ4n) is 1.60. The first-order valence-corrected chi connectivity index (χ1v) is 6.50. The second kappa shape index (κ2) is 5.61. The lowest BCUT2D eigenvalue weighted by Gasteiger charge is -2.12. The molecule has 0 heterocycles. The van der Waals surface area contributed by atoms with Crippen LogP contribution in [0, 0.1) is 15.2 Å². The van der Waals surface area contributed by atoms with Crippen molar-refractivity contribution in [1.82, 2.24) is 0 Å². The SMILES string of the molecule is Nc1cc(C(=O)O)c(F)cc1Nc1ccc(F)cc1I. The molecule has 0 saturated heterocycles. The second-order valence-corrected chi connectivity index (χ2v) is 5.14. The van der Waals surface area contributed by atoms with Crippen LogP contribution in [-0.2, 0) is 0 Å². The molecule has 0 atom stereocenters. The molecule has 0 unspecified atom stereocenters. The van der Waals surface area contributed by atoms with Gasteiger partial charge in [0.2, 0.25) is 0 Å². The van der Waals surface area contributed by atoms with E-state index in [9.17, 15) is 13.6 Å². The van der Waals surface area contributed by atoms with E-state index in [0.717, 1.165) is 12.1 Å². The molecule has 4 nitrogen and oxygen atoms in total. The topological polar surface area (TPSA) is 75.4 Å². The number of hydrogen-bond acceptors (Lipinski definition) is 3. The number of carboxylic acids is 1. The number of nitrogens with two attached hydrogens (primary N) is 1. The van der Waals surface area contributed by atoms with Crippen LogP contribution in [0.15, 0.2) is 30.3 Å². The Hall–Kier alpha value is -1.90. The van der Waals surface area contributed by atoms with Gasteiger partial charge in [0.05, 0.1) is 22.6 Å². The van der Waals surface area contributed by atoms with Crippen LogP contribution < -0.4 is 11.1 Å². The lowest BCUT2D eigenvalue weighted by molar-refractivity contribution is 0.0692. The maximum atomic E-state index is 13.6. The van der Waals surface area contributed by atoms with E-state index in [1.165, 1.54) is 18.2 Å². The van der Waals surface area contributed by atoms with E-state index in [0.29, 0.717) is 9.26 Å². The number of benzene rings is 2. The number of carbonyl (C=O) groups is 1. The number of rotatable bonds is 3. The Morgan fingerprint density at radius 3 is 2.50 bits per heavy atom. The zero-order chi connectivity index (χ0) is 14.9. The lowest BCUT2D eigenvalue weighted by atomic mass is 10.1. The van der Waals surface area contributed by atoms with Crippen LogP contribution in [0.3, 0.4) is 0 Å². The van der Waals surface area contributed by atoms with Crippen molar-refractivity contribution in [3.8, 4) is 0 Å². The molecule has 0 spiro atoms. The molecule has 0 aromatic heterocycles. The third kappa shape index (κ3) is 2.98. The van der Waals surface area contributed by atoms with Gasteiger partial charge in [0, 0.05) is 9.64 Å². The van der Waals surface area contributed by atoms with Crippen molar-refractivity contribution >= 4 is 45.6 Å². The average molecular weight is 390 g/mol. The fraction of sp³-hybridized carbons (Fsp3) is 0. The Morgan fingerprint density at radius 1 is 1.20 bits per heavy atom. The van der Waals surface area contributed by atoms with E-state index in [1.54, 1.807) is 0 Å². The summed E-state index contributed by atoms with van der Waals surface area (Å²) in [5.41, 5.74) is 6.04. The highest BCUT2D eigenvalue weighted by Crippen LogP contribution is 2.29. The van der Waals surface area contributed by atoms with E-state index in [4.69, 9.17) is 10.8 Å². The van der Waals surface area contributed by atoms with Crippen LogP contribution in [0.25, 0.3) is 0 Å². The van der Waals surface area contributed by atoms with Gasteiger partial charge in [0.1, 0.15) is 11.6 Å². The molecule has 0 aliphatic heterocycles. The van der Waals surface area contributed by atoms with Gasteiger partial charge in [-0.25, -0.2) is 13.6 Å². The van der Waals surface area contributed by atoms with Crippen LogP contribution in [-0.4, -0.2) is 11.1 Å². The Kier molecular flexibility index (Phi) is 4.07. The number of nitrogen functional groups attached to an aromatic ring is 1. The summed E-state index contributed by atoms with van der Waals surface area (Å²) >= 11 is 1.92. The molecular weight excluding hydrogens is 381 g/mol. The van der Waals surface area contributed by atoms with Gasteiger partial charge < -0.3 is 16.2 Å². The zero-order valence-corrected chi connectivity index (χ0v) is 12.1. The van der Waals surface area contributed by atoms with Crippen molar-refractivity contribution in [3.63, 3.8) is 0 Å². The quantitative estimate of drug-likeness (QED) is 0.553. The number of nitrogens with one attached hydrogen (secondary N) is 1. The predicted octanol–water partition coefficient (Wildman–Crippen LogP) is 3.59. The molecule has 0 amide bonds. The maximum absolute atomic E-state index is 13.6. The molecule has 7 heteroatoms. The van der Waals surface area contributed by atoms with E-state index >= 15 is 0 Å². The van der Waals surface area contributed by atoms with Crippen molar-refractivity contribution in [3.05, 3.63) is 51.1 Å². The molecule has 20 heavy (non-hydrogen) atoms. The van der Waals surface area contributed by atoms with Gasteiger partial charge in [-0.2, -0.15) is 0 Å². The number of halogens is 3. The maximum Gasteiger partial charge on any atom is 0.338 e. The van der Waals surface area contributed by atoms with Crippen molar-refractivity contribution in [2.75, 3.05) is 11.1 Å². The zero-order valence-electron chi connectivity index (χ0n) is 9.95. The number of carboxylic acid groups (broad SMARTS) is 1. The Balaban J connectivity index is 2.39. The van der Waals surface area contributed by atoms with E-state index in [-0.39, 0.29) is 17.2 Å². The van der Waals surface area contributed by atoms with Crippen molar-refractivity contribution in [2.45, 2.75) is 0 Å². The molecule has 0 bridgehead atoms. The van der Waals surface area contributed by atoms with Gasteiger partial charge in [-0.05, 0) is 46.9 Å². The van der Waals surface area contributed by atoms with Crippen LogP contribution in [0.5, 0.6) is 0 Å². The summed E-state index contributed by atoms with van der Waals surface area (Å²) in [6.45, 7) is 0. The van der Waals surface area contributed by atoms with Crippen LogP contribution >= 0.6 is 22.6 Å². The first-order chi connectivity index (χ1) is 9.38. The first kappa shape index (κ1) is 14.5. The molecule has 0 fully saturated rings. The summed E-state index contributed by atoms with van der Waals surface area (Å²) in [7, 11) is 0. The largest absolute Gasteiger partial charge is 0.478 e. The minimum Gasteiger partial charge on any atom is -0.478 e. The highest BCUT2D eigenvalue weighted by molar-refractivity contribution is 14.1.